The van der Waals surface area contributed by atoms with E-state index in [-0.39, 0.29) is 12.7 Å². The average molecular weight is 920 g/mol. The zero-order valence-electron chi connectivity index (χ0n) is 39.7. The van der Waals surface area contributed by atoms with Crippen LogP contribution in [0.1, 0.15) is 0 Å². The number of hydrogen-bond donors (Lipinski definition) is 0. The van der Waals surface area contributed by atoms with Gasteiger partial charge in [-0.3, -0.25) is 0 Å². The van der Waals surface area contributed by atoms with Gasteiger partial charge in [0.15, 0.2) is 79.1 Å². The molecule has 0 radical (unpaired) electrons. The van der Waals surface area contributed by atoms with Crippen molar-refractivity contribution < 1.29 is 49.6 Å². The summed E-state index contributed by atoms with van der Waals surface area (Å²) in [5, 5.41) is 0. The molecule has 2 saturated heterocycles. The Morgan fingerprint density at radius 2 is 0.564 bits per heavy atom. The summed E-state index contributed by atoms with van der Waals surface area (Å²) in [6.07, 6.45) is -5.02. The Balaban J connectivity index is 2.76. The van der Waals surface area contributed by atoms with Crippen LogP contribution in [0.15, 0.2) is 0 Å². The molecule has 19 heteroatoms. The first-order chi connectivity index (χ1) is 24.2. The molecule has 55 heavy (non-hydrogen) atoms. The minimum atomic E-state index is -2.17. The van der Waals surface area contributed by atoms with Crippen molar-refractivity contribution in [1.82, 2.24) is 0 Å². The predicted octanol–water partition coefficient (Wildman–Crippen LogP) is 9.48. The molecule has 10 unspecified atom stereocenters. The molecule has 0 saturated carbocycles. The molecule has 2 aliphatic heterocycles. The summed E-state index contributed by atoms with van der Waals surface area (Å²) in [7, 11) is -16.8. The molecular weight excluding hydrogens is 833 g/mol. The molecule has 2 fully saturated rings. The largest absolute Gasteiger partial charge is 0.415 e. The van der Waals surface area contributed by atoms with Gasteiger partial charge in [0.2, 0.25) is 0 Å². The Labute approximate surface area is 346 Å². The summed E-state index contributed by atoms with van der Waals surface area (Å²) in [4.78, 5) is 0. The molecule has 0 aromatic carbocycles. The minimum Gasteiger partial charge on any atom is -0.415 e. The Morgan fingerprint density at radius 3 is 0.891 bits per heavy atom. The first-order valence-electron chi connectivity index (χ1n) is 20.5. The first kappa shape index (κ1) is 52.4. The SMILES string of the molecule is C[Si](C)(C)OCC1OC(OCC2OC(O[Si](C)(C)C)C(O[Si](C)(C)C)C(O[Si](C)(C)C)C2O[Si](C)(C)C)C(O[Si](C)(C)C)C(O[Si](C)(C)C)C1O[Si](C)(C)C. The molecule has 2 aliphatic rings. The number of ether oxygens (including phenoxy) is 3. The molecule has 0 N–H and O–H groups in total. The van der Waals surface area contributed by atoms with Gasteiger partial charge in [-0.05, 0) is 157 Å². The van der Waals surface area contributed by atoms with Crippen LogP contribution in [-0.2, 0) is 49.6 Å². The highest BCUT2D eigenvalue weighted by atomic mass is 28.4. The lowest BCUT2D eigenvalue weighted by molar-refractivity contribution is -0.314. The summed E-state index contributed by atoms with van der Waals surface area (Å²) in [5.74, 6) is 0. The molecule has 0 spiro atoms. The third kappa shape index (κ3) is 20.6. The van der Waals surface area contributed by atoms with Crippen molar-refractivity contribution in [1.29, 1.82) is 0 Å². The maximum atomic E-state index is 7.11. The van der Waals surface area contributed by atoms with Gasteiger partial charge in [-0.2, -0.15) is 0 Å². The van der Waals surface area contributed by atoms with Gasteiger partial charge in [0, 0.05) is 0 Å². The van der Waals surface area contributed by atoms with Gasteiger partial charge in [0.25, 0.3) is 0 Å². The standard InChI is InChI=1S/C36H86O11Si8/c1-48(2,3)38-26-28-30(42-50(7,8)9)31(43-51(10,11)12)33(45-53(16,17)18)35(39-28)37-25-27-29(41-49(4,5)6)32(44-52(13,14)15)34(46-54(19,20)21)36(40-27)47-55(22,23)24/h27-36H,25-26H2,1-24H3. The summed E-state index contributed by atoms with van der Waals surface area (Å²) < 4.78 is 76.8. The lowest BCUT2D eigenvalue weighted by atomic mass is 9.98. The fourth-order valence-electron chi connectivity index (χ4n) is 6.38. The molecule has 2 rings (SSSR count). The van der Waals surface area contributed by atoms with Crippen molar-refractivity contribution in [2.45, 2.75) is 219 Å². The molecule has 10 atom stereocenters. The summed E-state index contributed by atoms with van der Waals surface area (Å²) in [6, 6.07) is 0. The van der Waals surface area contributed by atoms with Gasteiger partial charge in [0.1, 0.15) is 48.8 Å². The van der Waals surface area contributed by atoms with Crippen LogP contribution in [-0.4, -0.2) is 141 Å². The molecule has 0 amide bonds. The van der Waals surface area contributed by atoms with Crippen LogP contribution in [0.3, 0.4) is 0 Å². The highest BCUT2D eigenvalue weighted by Gasteiger charge is 2.55. The van der Waals surface area contributed by atoms with Crippen LogP contribution in [0, 0.1) is 0 Å². The molecule has 328 valence electrons. The molecule has 2 heterocycles. The van der Waals surface area contributed by atoms with E-state index in [0.29, 0.717) is 6.61 Å². The zero-order chi connectivity index (χ0) is 43.0. The summed E-state index contributed by atoms with van der Waals surface area (Å²) in [5.41, 5.74) is 0. The molecule has 11 nitrogen and oxygen atoms in total. The fraction of sp³-hybridized carbons (Fsp3) is 1.00. The Hall–Kier alpha value is 1.30. The van der Waals surface area contributed by atoms with E-state index >= 15 is 0 Å². The van der Waals surface area contributed by atoms with Crippen LogP contribution in [0.5, 0.6) is 0 Å². The Bertz CT molecular complexity index is 1180. The van der Waals surface area contributed by atoms with Gasteiger partial charge in [-0.25, -0.2) is 0 Å². The van der Waals surface area contributed by atoms with Crippen LogP contribution in [0.25, 0.3) is 0 Å². The van der Waals surface area contributed by atoms with Crippen molar-refractivity contribution >= 4 is 66.5 Å². The maximum Gasteiger partial charge on any atom is 0.187 e. The monoisotopic (exact) mass is 918 g/mol. The number of rotatable bonds is 20. The molecule has 0 bridgehead atoms. The van der Waals surface area contributed by atoms with Gasteiger partial charge in [0.05, 0.1) is 13.2 Å². The second kappa shape index (κ2) is 19.1. The van der Waals surface area contributed by atoms with Crippen LogP contribution in [0.4, 0.5) is 0 Å². The van der Waals surface area contributed by atoms with Crippen molar-refractivity contribution in [2.75, 3.05) is 13.2 Å². The Kier molecular flexibility index (Phi) is 18.2. The maximum absolute atomic E-state index is 7.11. The smallest absolute Gasteiger partial charge is 0.187 e. The second-order valence-electron chi connectivity index (χ2n) is 23.2. The van der Waals surface area contributed by atoms with E-state index < -0.39 is 122 Å². The highest BCUT2D eigenvalue weighted by Crippen LogP contribution is 2.38. The average Bonchev–Trinajstić information content (AvgIpc) is 2.87. The van der Waals surface area contributed by atoms with Gasteiger partial charge in [-0.1, -0.05) is 0 Å². The predicted molar refractivity (Wildman–Crippen MR) is 246 cm³/mol. The van der Waals surface area contributed by atoms with Crippen molar-refractivity contribution in [3.63, 3.8) is 0 Å². The summed E-state index contributed by atoms with van der Waals surface area (Å²) in [6.45, 7) is 53.4. The fourth-order valence-corrected chi connectivity index (χ4v) is 14.4. The molecule has 0 aliphatic carbocycles. The van der Waals surface area contributed by atoms with E-state index in [2.05, 4.69) is 157 Å². The second-order valence-corrected chi connectivity index (χ2v) is 59.0. The summed E-state index contributed by atoms with van der Waals surface area (Å²) >= 11 is 0. The van der Waals surface area contributed by atoms with Gasteiger partial charge in [-0.15, -0.1) is 0 Å². The van der Waals surface area contributed by atoms with Crippen molar-refractivity contribution in [2.24, 2.45) is 0 Å². The van der Waals surface area contributed by atoms with Crippen LogP contribution in [0.2, 0.25) is 157 Å². The normalized spacial score (nSPS) is 31.2. The lowest BCUT2D eigenvalue weighted by Crippen LogP contribution is -2.68. The lowest BCUT2D eigenvalue weighted by Gasteiger charge is -2.53. The van der Waals surface area contributed by atoms with E-state index in [1.165, 1.54) is 0 Å². The zero-order valence-corrected chi connectivity index (χ0v) is 47.7. The van der Waals surface area contributed by atoms with Crippen molar-refractivity contribution in [3.8, 4) is 0 Å². The van der Waals surface area contributed by atoms with Crippen LogP contribution < -0.4 is 0 Å². The van der Waals surface area contributed by atoms with E-state index in [4.69, 9.17) is 49.6 Å². The van der Waals surface area contributed by atoms with E-state index in [0.717, 1.165) is 0 Å². The quantitative estimate of drug-likeness (QED) is 0.109. The highest BCUT2D eigenvalue weighted by molar-refractivity contribution is 6.72. The number of hydrogen-bond acceptors (Lipinski definition) is 11. The third-order valence-electron chi connectivity index (χ3n) is 7.70. The van der Waals surface area contributed by atoms with Gasteiger partial charge >= 0.3 is 0 Å². The molecule has 0 aromatic heterocycles. The Morgan fingerprint density at radius 1 is 0.291 bits per heavy atom. The van der Waals surface area contributed by atoms with E-state index in [1.807, 2.05) is 0 Å². The third-order valence-corrected chi connectivity index (χ3v) is 15.5. The minimum absolute atomic E-state index is 0.170. The van der Waals surface area contributed by atoms with E-state index in [1.54, 1.807) is 0 Å². The first-order valence-corrected chi connectivity index (χ1v) is 47.8. The van der Waals surface area contributed by atoms with Gasteiger partial charge < -0.3 is 49.6 Å². The topological polar surface area (TPSA) is 102 Å². The molecule has 0 aromatic rings. The van der Waals surface area contributed by atoms with Crippen molar-refractivity contribution in [3.05, 3.63) is 0 Å². The van der Waals surface area contributed by atoms with Crippen LogP contribution >= 0.6 is 0 Å². The molecular formula is C36H86O11Si8. The van der Waals surface area contributed by atoms with E-state index in [9.17, 15) is 0 Å².